The highest BCUT2D eigenvalue weighted by atomic mass is 79.9. The van der Waals surface area contributed by atoms with Gasteiger partial charge >= 0.3 is 0 Å². The van der Waals surface area contributed by atoms with E-state index in [4.69, 9.17) is 0 Å². The summed E-state index contributed by atoms with van der Waals surface area (Å²) in [5, 5.41) is 9.99. The molecular weight excluding hydrogens is 334 g/mol. The summed E-state index contributed by atoms with van der Waals surface area (Å²) in [6.45, 7) is 0. The van der Waals surface area contributed by atoms with Crippen molar-refractivity contribution in [2.45, 2.75) is 38.1 Å². The average Bonchev–Trinajstić information content (AvgIpc) is 3.10. The Labute approximate surface area is 130 Å². The molecule has 0 unspecified atom stereocenters. The van der Waals surface area contributed by atoms with Crippen LogP contribution in [-0.4, -0.2) is 32.1 Å². The molecule has 1 aliphatic rings. The highest BCUT2D eigenvalue weighted by Gasteiger charge is 2.18. The Morgan fingerprint density at radius 1 is 1.38 bits per heavy atom. The Bertz CT molecular complexity index is 636. The number of nitrogens with zero attached hydrogens (tertiary/aromatic N) is 3. The van der Waals surface area contributed by atoms with E-state index in [0.29, 0.717) is 17.7 Å². The van der Waals surface area contributed by atoms with Crippen molar-refractivity contribution in [1.82, 2.24) is 25.5 Å². The van der Waals surface area contributed by atoms with Gasteiger partial charge in [0.2, 0.25) is 5.91 Å². The molecule has 6 nitrogen and oxygen atoms in total. The average molecular weight is 350 g/mol. The van der Waals surface area contributed by atoms with Crippen molar-refractivity contribution in [3.63, 3.8) is 0 Å². The number of aromatic nitrogens is 4. The lowest BCUT2D eigenvalue weighted by Gasteiger charge is -2.10. The van der Waals surface area contributed by atoms with E-state index in [1.165, 1.54) is 12.8 Å². The van der Waals surface area contributed by atoms with Crippen LogP contribution in [0.3, 0.4) is 0 Å². The van der Waals surface area contributed by atoms with E-state index >= 15 is 0 Å². The first-order valence-electron chi connectivity index (χ1n) is 7.02. The zero-order valence-corrected chi connectivity index (χ0v) is 13.1. The summed E-state index contributed by atoms with van der Waals surface area (Å²) in [6.07, 6.45) is 8.18. The largest absolute Gasteiger partial charge is 0.353 e. The number of rotatable bonds is 4. The third-order valence-electron chi connectivity index (χ3n) is 3.54. The minimum atomic E-state index is -0.00281. The fourth-order valence-electron chi connectivity index (χ4n) is 2.54. The van der Waals surface area contributed by atoms with E-state index in [2.05, 4.69) is 41.4 Å². The molecule has 3 rings (SSSR count). The molecule has 7 heteroatoms. The number of hydrogen-bond acceptors (Lipinski definition) is 4. The SMILES string of the molecule is O=C(Cc1nc(-c2cncc(Br)c2)n[nH]1)NC1CCCC1. The third-order valence-corrected chi connectivity index (χ3v) is 3.98. The van der Waals surface area contributed by atoms with Gasteiger partial charge in [-0.2, -0.15) is 5.10 Å². The third kappa shape index (κ3) is 3.66. The molecule has 0 radical (unpaired) electrons. The summed E-state index contributed by atoms with van der Waals surface area (Å²) in [7, 11) is 0. The van der Waals surface area contributed by atoms with Crippen LogP contribution in [0.2, 0.25) is 0 Å². The van der Waals surface area contributed by atoms with E-state index < -0.39 is 0 Å². The number of amides is 1. The molecule has 2 N–H and O–H groups in total. The van der Waals surface area contributed by atoms with E-state index in [1.807, 2.05) is 6.07 Å². The van der Waals surface area contributed by atoms with Gasteiger partial charge in [-0.1, -0.05) is 12.8 Å². The fourth-order valence-corrected chi connectivity index (χ4v) is 2.90. The Morgan fingerprint density at radius 3 is 2.95 bits per heavy atom. The van der Waals surface area contributed by atoms with Crippen LogP contribution in [0.5, 0.6) is 0 Å². The van der Waals surface area contributed by atoms with Crippen molar-refractivity contribution in [3.8, 4) is 11.4 Å². The summed E-state index contributed by atoms with van der Waals surface area (Å²) in [5.41, 5.74) is 0.808. The molecule has 0 saturated heterocycles. The molecule has 1 fully saturated rings. The van der Waals surface area contributed by atoms with E-state index in [1.54, 1.807) is 12.4 Å². The van der Waals surface area contributed by atoms with Crippen LogP contribution in [-0.2, 0) is 11.2 Å². The lowest BCUT2D eigenvalue weighted by Crippen LogP contribution is -2.33. The number of carbonyl (C=O) groups is 1. The Hall–Kier alpha value is -1.76. The van der Waals surface area contributed by atoms with Gasteiger partial charge in [0.25, 0.3) is 0 Å². The molecule has 0 aromatic carbocycles. The zero-order valence-electron chi connectivity index (χ0n) is 11.5. The smallest absolute Gasteiger partial charge is 0.227 e. The number of hydrogen-bond donors (Lipinski definition) is 2. The summed E-state index contributed by atoms with van der Waals surface area (Å²) in [4.78, 5) is 20.4. The minimum absolute atomic E-state index is 0.00281. The first-order valence-corrected chi connectivity index (χ1v) is 7.81. The molecule has 2 aromatic heterocycles. The van der Waals surface area contributed by atoms with Gasteiger partial charge in [-0.05, 0) is 34.8 Å². The summed E-state index contributed by atoms with van der Waals surface area (Å²) >= 11 is 3.36. The number of aromatic amines is 1. The number of halogens is 1. The van der Waals surface area contributed by atoms with Crippen LogP contribution in [0, 0.1) is 0 Å². The summed E-state index contributed by atoms with van der Waals surface area (Å²) in [6, 6.07) is 2.22. The molecular formula is C14H16BrN5O. The minimum Gasteiger partial charge on any atom is -0.353 e. The van der Waals surface area contributed by atoms with E-state index in [9.17, 15) is 4.79 Å². The predicted octanol–water partition coefficient (Wildman–Crippen LogP) is 2.23. The molecule has 1 aliphatic carbocycles. The van der Waals surface area contributed by atoms with Gasteiger partial charge in [0.1, 0.15) is 5.82 Å². The van der Waals surface area contributed by atoms with Crippen molar-refractivity contribution in [2.24, 2.45) is 0 Å². The Morgan fingerprint density at radius 2 is 2.19 bits per heavy atom. The molecule has 1 amide bonds. The van der Waals surface area contributed by atoms with Crippen molar-refractivity contribution in [1.29, 1.82) is 0 Å². The topological polar surface area (TPSA) is 83.6 Å². The molecule has 0 bridgehead atoms. The number of carbonyl (C=O) groups excluding carboxylic acids is 1. The van der Waals surface area contributed by atoms with Crippen molar-refractivity contribution >= 4 is 21.8 Å². The lowest BCUT2D eigenvalue weighted by atomic mass is 10.2. The molecule has 21 heavy (non-hydrogen) atoms. The van der Waals surface area contributed by atoms with Crippen LogP contribution in [0.25, 0.3) is 11.4 Å². The quantitative estimate of drug-likeness (QED) is 0.886. The molecule has 0 aliphatic heterocycles. The highest BCUT2D eigenvalue weighted by molar-refractivity contribution is 9.10. The molecule has 2 heterocycles. The second-order valence-electron chi connectivity index (χ2n) is 5.22. The first kappa shape index (κ1) is 14.2. The maximum atomic E-state index is 11.9. The van der Waals surface area contributed by atoms with Gasteiger partial charge in [0.05, 0.1) is 6.42 Å². The summed E-state index contributed by atoms with van der Waals surface area (Å²) in [5.74, 6) is 1.12. The van der Waals surface area contributed by atoms with Crippen molar-refractivity contribution in [3.05, 3.63) is 28.8 Å². The van der Waals surface area contributed by atoms with Gasteiger partial charge in [-0.3, -0.25) is 14.9 Å². The van der Waals surface area contributed by atoms with Gasteiger partial charge in [-0.15, -0.1) is 0 Å². The Balaban J connectivity index is 1.63. The van der Waals surface area contributed by atoms with E-state index in [-0.39, 0.29) is 12.3 Å². The second kappa shape index (κ2) is 6.34. The fraction of sp³-hybridized carbons (Fsp3) is 0.429. The van der Waals surface area contributed by atoms with Crippen LogP contribution in [0.4, 0.5) is 0 Å². The number of pyridine rings is 1. The molecule has 2 aromatic rings. The highest BCUT2D eigenvalue weighted by Crippen LogP contribution is 2.19. The molecule has 0 spiro atoms. The standard InChI is InChI=1S/C14H16BrN5O/c15-10-5-9(7-16-8-10)14-18-12(19-20-14)6-13(21)17-11-3-1-2-4-11/h5,7-8,11H,1-4,6H2,(H,17,21)(H,18,19,20). The molecule has 0 atom stereocenters. The van der Waals surface area contributed by atoms with E-state index in [0.717, 1.165) is 22.9 Å². The zero-order chi connectivity index (χ0) is 14.7. The van der Waals surface area contributed by atoms with Crippen LogP contribution < -0.4 is 5.32 Å². The lowest BCUT2D eigenvalue weighted by molar-refractivity contribution is -0.121. The van der Waals surface area contributed by atoms with Crippen LogP contribution >= 0.6 is 15.9 Å². The van der Waals surface area contributed by atoms with Crippen molar-refractivity contribution < 1.29 is 4.79 Å². The van der Waals surface area contributed by atoms with Gasteiger partial charge in [-0.25, -0.2) is 4.98 Å². The second-order valence-corrected chi connectivity index (χ2v) is 6.14. The molecule has 110 valence electrons. The Kier molecular flexibility index (Phi) is 4.28. The van der Waals surface area contributed by atoms with Crippen molar-refractivity contribution in [2.75, 3.05) is 0 Å². The van der Waals surface area contributed by atoms with Crippen LogP contribution in [0.15, 0.2) is 22.9 Å². The maximum Gasteiger partial charge on any atom is 0.227 e. The number of H-pyrrole nitrogens is 1. The normalized spacial score (nSPS) is 15.3. The predicted molar refractivity (Wildman–Crippen MR) is 81.4 cm³/mol. The van der Waals surface area contributed by atoms with Crippen LogP contribution in [0.1, 0.15) is 31.5 Å². The number of nitrogens with one attached hydrogen (secondary N) is 2. The van der Waals surface area contributed by atoms with Gasteiger partial charge in [0, 0.05) is 28.5 Å². The summed E-state index contributed by atoms with van der Waals surface area (Å²) < 4.78 is 0.866. The van der Waals surface area contributed by atoms with Gasteiger partial charge in [0.15, 0.2) is 5.82 Å². The van der Waals surface area contributed by atoms with Gasteiger partial charge < -0.3 is 5.32 Å². The first-order chi connectivity index (χ1) is 10.2. The maximum absolute atomic E-state index is 11.9. The monoisotopic (exact) mass is 349 g/mol. The molecule has 1 saturated carbocycles.